The highest BCUT2D eigenvalue weighted by Gasteiger charge is 2.23. The molecule has 0 aliphatic rings. The monoisotopic (exact) mass is 568 g/mol. The lowest BCUT2D eigenvalue weighted by molar-refractivity contribution is -0.126. The molecule has 224 valence electrons. The summed E-state index contributed by atoms with van der Waals surface area (Å²) in [5.74, 6) is -0.467. The summed E-state index contributed by atoms with van der Waals surface area (Å²) in [5.41, 5.74) is 5.48. The van der Waals surface area contributed by atoms with Crippen LogP contribution < -0.4 is 16.1 Å². The van der Waals surface area contributed by atoms with Crippen molar-refractivity contribution in [2.24, 2.45) is 0 Å². The molecule has 0 radical (unpaired) electrons. The van der Waals surface area contributed by atoms with Gasteiger partial charge in [0.2, 0.25) is 5.91 Å². The van der Waals surface area contributed by atoms with E-state index in [-0.39, 0.29) is 24.8 Å². The van der Waals surface area contributed by atoms with Crippen molar-refractivity contribution in [2.75, 3.05) is 21.1 Å². The van der Waals surface area contributed by atoms with Crippen LogP contribution in [0.5, 0.6) is 0 Å². The first kappa shape index (κ1) is 35.3. The van der Waals surface area contributed by atoms with Crippen LogP contribution in [0.15, 0.2) is 42.5 Å². The van der Waals surface area contributed by atoms with Gasteiger partial charge in [-0.1, -0.05) is 43.2 Å². The van der Waals surface area contributed by atoms with Crippen LogP contribution in [-0.2, 0) is 33.9 Å². The molecule has 1 unspecified atom stereocenters. The number of nitrogens with one attached hydrogen (secondary N) is 3. The first-order valence-electron chi connectivity index (χ1n) is 13.9. The Bertz CT molecular complexity index is 1090. The number of unbranched alkanes of at least 4 members (excludes halogenated alkanes) is 4. The fourth-order valence-corrected chi connectivity index (χ4v) is 4.34. The predicted octanol–water partition coefficient (Wildman–Crippen LogP) is 3.24. The van der Waals surface area contributed by atoms with Crippen LogP contribution in [0.3, 0.4) is 0 Å². The number of benzene rings is 2. The summed E-state index contributed by atoms with van der Waals surface area (Å²) in [6.45, 7) is 0.643. The molecule has 4 N–H and O–H groups in total. The summed E-state index contributed by atoms with van der Waals surface area (Å²) in [4.78, 5) is 59.8. The molecule has 1 atom stereocenters. The quantitative estimate of drug-likeness (QED) is 0.122. The number of hydrogen-bond acceptors (Lipinski definition) is 8. The topological polar surface area (TPSA) is 145 Å². The van der Waals surface area contributed by atoms with Crippen molar-refractivity contribution in [1.82, 2.24) is 21.0 Å². The zero-order chi connectivity index (χ0) is 30.5. The molecule has 2 amide bonds. The first-order valence-corrected chi connectivity index (χ1v) is 13.9. The molecule has 2 rings (SSSR count). The Kier molecular flexibility index (Phi) is 18.1. The van der Waals surface area contributed by atoms with E-state index in [1.165, 1.54) is 12.6 Å². The molecule has 2 aromatic rings. The smallest absolute Gasteiger partial charge is 0.251 e. The molecule has 0 bridgehead atoms. The third-order valence-corrected chi connectivity index (χ3v) is 6.60. The van der Waals surface area contributed by atoms with Crippen molar-refractivity contribution >= 4 is 30.7 Å². The summed E-state index contributed by atoms with van der Waals surface area (Å²) in [5, 5.41) is 12.9. The van der Waals surface area contributed by atoms with Crippen LogP contribution >= 0.6 is 0 Å². The summed E-state index contributed by atoms with van der Waals surface area (Å²) in [6, 6.07) is 12.5. The van der Waals surface area contributed by atoms with Crippen molar-refractivity contribution in [1.29, 1.82) is 0 Å². The number of hydroxylamine groups is 1. The van der Waals surface area contributed by atoms with Crippen molar-refractivity contribution < 1.29 is 29.2 Å². The molecule has 10 heteroatoms. The van der Waals surface area contributed by atoms with Gasteiger partial charge in [-0.05, 0) is 61.6 Å². The highest BCUT2D eigenvalue weighted by molar-refractivity contribution is 5.95. The molecule has 41 heavy (non-hydrogen) atoms. The average molecular weight is 569 g/mol. The number of hydrogen-bond donors (Lipinski definition) is 4. The Morgan fingerprint density at radius 1 is 0.902 bits per heavy atom. The van der Waals surface area contributed by atoms with E-state index in [0.717, 1.165) is 56.5 Å². The molecule has 10 nitrogen and oxygen atoms in total. The molecule has 0 aromatic heterocycles. The molecular weight excluding hydrogens is 524 g/mol. The van der Waals surface area contributed by atoms with Gasteiger partial charge in [0.25, 0.3) is 5.91 Å². The van der Waals surface area contributed by atoms with Crippen molar-refractivity contribution in [2.45, 2.75) is 70.5 Å². The Hall–Kier alpha value is -3.73. The van der Waals surface area contributed by atoms with Gasteiger partial charge in [0.1, 0.15) is 18.9 Å². The minimum absolute atomic E-state index is 0.212. The maximum Gasteiger partial charge on any atom is 0.251 e. The standard InChI is InChI=1S/C30H39N3O5.CH5NO/c1-31-30(38)28(10-8-18-35)33(2)21-27-19-25(15-16-26(27)22-36)29(37)32-20-24-13-11-23(12-14-24)9-6-4-3-5-7-17-34;1-2-3/h11-19,22,28H,3-10,20-21H2,1-2H3,(H,31,38)(H,32,37);2-3H,1H3. The van der Waals surface area contributed by atoms with Crippen molar-refractivity contribution in [3.8, 4) is 0 Å². The largest absolute Gasteiger partial charge is 0.358 e. The second-order valence-corrected chi connectivity index (χ2v) is 9.66. The Labute approximate surface area is 242 Å². The molecular formula is C31H44N4O6. The number of likely N-dealkylation sites (N-methyl/N-ethyl adjacent to an activating group) is 2. The minimum Gasteiger partial charge on any atom is -0.358 e. The number of aldehydes is 3. The van der Waals surface area contributed by atoms with E-state index in [1.807, 2.05) is 12.1 Å². The number of aryl methyl sites for hydroxylation is 1. The minimum atomic E-state index is -0.535. The SMILES string of the molecule is CNC(=O)C(CCC=O)N(C)Cc1cc(C(=O)NCc2ccc(CCCCCCC=O)cc2)ccc1C=O.CNO. The summed E-state index contributed by atoms with van der Waals surface area (Å²) in [6.07, 6.45) is 8.94. The lowest BCUT2D eigenvalue weighted by atomic mass is 10.0. The second kappa shape index (κ2) is 21.1. The van der Waals surface area contributed by atoms with Crippen LogP contribution in [0.25, 0.3) is 0 Å². The Morgan fingerprint density at radius 2 is 1.54 bits per heavy atom. The van der Waals surface area contributed by atoms with Crippen LogP contribution in [0.4, 0.5) is 0 Å². The molecule has 0 heterocycles. The first-order chi connectivity index (χ1) is 19.8. The van der Waals surface area contributed by atoms with E-state index in [2.05, 4.69) is 22.8 Å². The fourth-order valence-electron chi connectivity index (χ4n) is 4.34. The van der Waals surface area contributed by atoms with Crippen LogP contribution in [-0.4, -0.2) is 68.0 Å². The zero-order valence-electron chi connectivity index (χ0n) is 24.4. The zero-order valence-corrected chi connectivity index (χ0v) is 24.4. The highest BCUT2D eigenvalue weighted by Crippen LogP contribution is 2.17. The lowest BCUT2D eigenvalue weighted by Crippen LogP contribution is -2.43. The maximum absolute atomic E-state index is 12.9. The van der Waals surface area contributed by atoms with Crippen LogP contribution in [0.2, 0.25) is 0 Å². The van der Waals surface area contributed by atoms with Crippen molar-refractivity contribution in [3.05, 3.63) is 70.3 Å². The van der Waals surface area contributed by atoms with Gasteiger partial charge in [-0.25, -0.2) is 5.48 Å². The maximum atomic E-state index is 12.9. The molecule has 0 fully saturated rings. The molecule has 0 aliphatic heterocycles. The fraction of sp³-hybridized carbons (Fsp3) is 0.452. The third kappa shape index (κ3) is 13.5. The van der Waals surface area contributed by atoms with E-state index < -0.39 is 6.04 Å². The predicted molar refractivity (Wildman–Crippen MR) is 158 cm³/mol. The molecule has 0 aliphatic carbocycles. The molecule has 0 saturated heterocycles. The Balaban J connectivity index is 0.00000268. The third-order valence-electron chi connectivity index (χ3n) is 6.60. The van der Waals surface area contributed by atoms with E-state index in [0.29, 0.717) is 36.1 Å². The van der Waals surface area contributed by atoms with Crippen LogP contribution in [0, 0.1) is 0 Å². The molecule has 0 spiro atoms. The van der Waals surface area contributed by atoms with Gasteiger partial charge in [0, 0.05) is 51.2 Å². The Morgan fingerprint density at radius 3 is 2.15 bits per heavy atom. The summed E-state index contributed by atoms with van der Waals surface area (Å²) in [7, 11) is 4.73. The lowest BCUT2D eigenvalue weighted by Gasteiger charge is -2.26. The number of rotatable bonds is 18. The van der Waals surface area contributed by atoms with E-state index in [9.17, 15) is 24.0 Å². The highest BCUT2D eigenvalue weighted by atomic mass is 16.5. The second-order valence-electron chi connectivity index (χ2n) is 9.66. The summed E-state index contributed by atoms with van der Waals surface area (Å²) >= 11 is 0. The number of nitrogens with zero attached hydrogens (tertiary/aromatic N) is 1. The van der Waals surface area contributed by atoms with Gasteiger partial charge in [-0.15, -0.1) is 0 Å². The van der Waals surface area contributed by atoms with E-state index in [4.69, 9.17) is 5.21 Å². The van der Waals surface area contributed by atoms with Gasteiger partial charge >= 0.3 is 0 Å². The van der Waals surface area contributed by atoms with Gasteiger partial charge in [0.05, 0.1) is 6.04 Å². The molecule has 0 saturated carbocycles. The van der Waals surface area contributed by atoms with E-state index in [1.54, 1.807) is 42.7 Å². The normalized spacial score (nSPS) is 11.1. The van der Waals surface area contributed by atoms with Crippen LogP contribution in [0.1, 0.15) is 82.4 Å². The number of amides is 2. The van der Waals surface area contributed by atoms with Gasteiger partial charge in [-0.3, -0.25) is 19.3 Å². The van der Waals surface area contributed by atoms with Gasteiger partial charge in [0.15, 0.2) is 0 Å². The molecule has 2 aromatic carbocycles. The number of carbonyl (C=O) groups is 5. The van der Waals surface area contributed by atoms with Gasteiger partial charge < -0.3 is 25.4 Å². The van der Waals surface area contributed by atoms with Crippen molar-refractivity contribution in [3.63, 3.8) is 0 Å². The number of carbonyl (C=O) groups excluding carboxylic acids is 5. The average Bonchev–Trinajstić information content (AvgIpc) is 2.98. The van der Waals surface area contributed by atoms with E-state index >= 15 is 0 Å². The van der Waals surface area contributed by atoms with Gasteiger partial charge in [-0.2, -0.15) is 0 Å². The summed E-state index contributed by atoms with van der Waals surface area (Å²) < 4.78 is 0.